The van der Waals surface area contributed by atoms with Crippen LogP contribution in [0.15, 0.2) is 42.9 Å². The molecule has 0 aliphatic heterocycles. The van der Waals surface area contributed by atoms with Gasteiger partial charge in [0.25, 0.3) is 0 Å². The number of aliphatic hydroxyl groups excluding tert-OH is 2. The maximum atomic E-state index is 13.7. The van der Waals surface area contributed by atoms with E-state index >= 15 is 0 Å². The van der Waals surface area contributed by atoms with Gasteiger partial charge < -0.3 is 20.5 Å². The first-order valence-corrected chi connectivity index (χ1v) is 18.4. The van der Waals surface area contributed by atoms with E-state index in [1.54, 1.807) is 6.20 Å². The standard InChI is InChI=1S/C29H47N5O7S2/c1-2-3-15-32-43(40,41)20-27(35)28(36)25(17-23-12-8-5-9-13-23)33-29(37)26(18-24-19-30-21-31-24)34-42(38,39)16-14-22-10-6-4-7-11-22/h4,6-7,10-11,19,21,23,25-28,32,34-36H,2-3,5,8-9,12-18,20H2,1H3,(H,30,31)(H,33,37)/t25?,26-,27?,28?/m0/s1. The average molecular weight is 642 g/mol. The Hall–Kier alpha value is -2.36. The van der Waals surface area contributed by atoms with E-state index in [2.05, 4.69) is 24.7 Å². The summed E-state index contributed by atoms with van der Waals surface area (Å²) < 4.78 is 56.1. The van der Waals surface area contributed by atoms with Gasteiger partial charge in [-0.2, -0.15) is 0 Å². The van der Waals surface area contributed by atoms with Crippen LogP contribution >= 0.6 is 0 Å². The normalized spacial score (nSPS) is 17.7. The third kappa shape index (κ3) is 12.6. The van der Waals surface area contributed by atoms with Gasteiger partial charge in [-0.3, -0.25) is 4.79 Å². The third-order valence-corrected chi connectivity index (χ3v) is 10.6. The van der Waals surface area contributed by atoms with Crippen molar-refractivity contribution in [3.05, 3.63) is 54.1 Å². The van der Waals surface area contributed by atoms with Crippen LogP contribution in [-0.4, -0.2) is 85.3 Å². The summed E-state index contributed by atoms with van der Waals surface area (Å²) in [5.74, 6) is -1.50. The first kappa shape index (κ1) is 35.1. The topological polar surface area (TPSA) is 191 Å². The highest BCUT2D eigenvalue weighted by molar-refractivity contribution is 7.89. The second-order valence-electron chi connectivity index (χ2n) is 11.4. The molecule has 2 aromatic rings. The van der Waals surface area contributed by atoms with E-state index in [9.17, 15) is 31.8 Å². The van der Waals surface area contributed by atoms with E-state index in [1.807, 2.05) is 37.3 Å². The minimum atomic E-state index is -3.91. The number of H-pyrrole nitrogens is 1. The lowest BCUT2D eigenvalue weighted by molar-refractivity contribution is -0.125. The second-order valence-corrected chi connectivity index (χ2v) is 15.2. The fourth-order valence-electron chi connectivity index (χ4n) is 5.38. The number of aromatic amines is 1. The number of benzene rings is 1. The van der Waals surface area contributed by atoms with Crippen molar-refractivity contribution in [2.24, 2.45) is 5.92 Å². The zero-order chi connectivity index (χ0) is 31.3. The molecule has 1 aromatic heterocycles. The largest absolute Gasteiger partial charge is 0.389 e. The fraction of sp³-hybridized carbons (Fsp3) is 0.655. The van der Waals surface area contributed by atoms with Gasteiger partial charge >= 0.3 is 0 Å². The van der Waals surface area contributed by atoms with Crippen LogP contribution in [0.4, 0.5) is 0 Å². The number of aromatic nitrogens is 2. The minimum absolute atomic E-state index is 0.0512. The summed E-state index contributed by atoms with van der Waals surface area (Å²) >= 11 is 0. The smallest absolute Gasteiger partial charge is 0.238 e. The van der Waals surface area contributed by atoms with Crippen LogP contribution in [0.2, 0.25) is 0 Å². The van der Waals surface area contributed by atoms with Gasteiger partial charge in [-0.1, -0.05) is 75.8 Å². The molecule has 3 rings (SSSR count). The monoisotopic (exact) mass is 641 g/mol. The molecule has 6 N–H and O–H groups in total. The number of imidazole rings is 1. The quantitative estimate of drug-likeness (QED) is 0.124. The molecule has 0 spiro atoms. The summed E-state index contributed by atoms with van der Waals surface area (Å²) in [4.78, 5) is 20.6. The lowest BCUT2D eigenvalue weighted by atomic mass is 9.83. The maximum absolute atomic E-state index is 13.7. The van der Waals surface area contributed by atoms with Crippen LogP contribution in [0.3, 0.4) is 0 Å². The Bertz CT molecular complexity index is 1300. The SMILES string of the molecule is CCCCNS(=O)(=O)CC(O)C(O)C(CC1CCCCC1)NC(=O)[C@H](Cc1c[nH]cn1)NS(=O)(=O)CCc1ccccc1. The lowest BCUT2D eigenvalue weighted by Crippen LogP contribution is -2.57. The van der Waals surface area contributed by atoms with Crippen molar-refractivity contribution >= 4 is 26.0 Å². The Morgan fingerprint density at radius 3 is 2.44 bits per heavy atom. The number of hydrogen-bond donors (Lipinski definition) is 6. The molecule has 1 aliphatic rings. The number of rotatable bonds is 19. The predicted octanol–water partition coefficient (Wildman–Crippen LogP) is 1.38. The molecule has 43 heavy (non-hydrogen) atoms. The van der Waals surface area contributed by atoms with Crippen molar-refractivity contribution in [3.63, 3.8) is 0 Å². The Kier molecular flexibility index (Phi) is 14.1. The maximum Gasteiger partial charge on any atom is 0.238 e. The molecule has 0 bridgehead atoms. The van der Waals surface area contributed by atoms with Crippen LogP contribution in [0.5, 0.6) is 0 Å². The molecule has 1 aliphatic carbocycles. The van der Waals surface area contributed by atoms with E-state index < -0.39 is 56.0 Å². The van der Waals surface area contributed by atoms with E-state index in [-0.39, 0.29) is 31.1 Å². The van der Waals surface area contributed by atoms with E-state index in [4.69, 9.17) is 0 Å². The number of nitrogens with zero attached hydrogens (tertiary/aromatic N) is 1. The number of aliphatic hydroxyl groups is 2. The molecule has 1 amide bonds. The number of sulfonamides is 2. The number of nitrogens with one attached hydrogen (secondary N) is 4. The van der Waals surface area contributed by atoms with Gasteiger partial charge in [-0.05, 0) is 30.7 Å². The van der Waals surface area contributed by atoms with Gasteiger partial charge in [0.15, 0.2) is 0 Å². The molecule has 0 radical (unpaired) electrons. The Balaban J connectivity index is 1.76. The Morgan fingerprint density at radius 1 is 1.07 bits per heavy atom. The number of hydrogen-bond acceptors (Lipinski definition) is 8. The molecule has 12 nitrogen and oxygen atoms in total. The summed E-state index contributed by atoms with van der Waals surface area (Å²) in [6.07, 6.45) is 6.55. The highest BCUT2D eigenvalue weighted by Crippen LogP contribution is 2.28. The summed E-state index contributed by atoms with van der Waals surface area (Å²) in [5, 5.41) is 24.7. The van der Waals surface area contributed by atoms with Crippen molar-refractivity contribution in [1.82, 2.24) is 24.7 Å². The van der Waals surface area contributed by atoms with E-state index in [0.29, 0.717) is 18.5 Å². The van der Waals surface area contributed by atoms with Gasteiger partial charge in [-0.15, -0.1) is 0 Å². The highest BCUT2D eigenvalue weighted by atomic mass is 32.2. The Morgan fingerprint density at radius 2 is 1.79 bits per heavy atom. The number of aryl methyl sites for hydroxylation is 1. The van der Waals surface area contributed by atoms with Gasteiger partial charge in [-0.25, -0.2) is 31.3 Å². The summed E-state index contributed by atoms with van der Waals surface area (Å²) in [7, 11) is -7.78. The van der Waals surface area contributed by atoms with E-state index in [0.717, 1.165) is 44.1 Å². The minimum Gasteiger partial charge on any atom is -0.389 e. The highest BCUT2D eigenvalue weighted by Gasteiger charge is 2.35. The van der Waals surface area contributed by atoms with E-state index in [1.165, 1.54) is 6.33 Å². The average Bonchev–Trinajstić information content (AvgIpc) is 3.49. The predicted molar refractivity (Wildman–Crippen MR) is 165 cm³/mol. The first-order chi connectivity index (χ1) is 20.5. The molecule has 1 heterocycles. The molecule has 1 fully saturated rings. The van der Waals surface area contributed by atoms with Gasteiger partial charge in [0.1, 0.15) is 12.1 Å². The first-order valence-electron chi connectivity index (χ1n) is 15.1. The second kappa shape index (κ2) is 17.2. The van der Waals surface area contributed by atoms with Crippen LogP contribution < -0.4 is 14.8 Å². The van der Waals surface area contributed by atoms with Crippen LogP contribution in [0, 0.1) is 5.92 Å². The van der Waals surface area contributed by atoms with Gasteiger partial charge in [0.05, 0.1) is 35.7 Å². The van der Waals surface area contributed by atoms with Crippen LogP contribution in [-0.2, 0) is 37.7 Å². The molecular formula is C29H47N5O7S2. The summed E-state index contributed by atoms with van der Waals surface area (Å²) in [5.41, 5.74) is 1.30. The van der Waals surface area contributed by atoms with Crippen LogP contribution in [0.25, 0.3) is 0 Å². The van der Waals surface area contributed by atoms with Gasteiger partial charge in [0.2, 0.25) is 26.0 Å². The summed E-state index contributed by atoms with van der Waals surface area (Å²) in [6.45, 7) is 2.15. The zero-order valence-electron chi connectivity index (χ0n) is 24.8. The number of carbonyl (C=O) groups is 1. The van der Waals surface area contributed by atoms with Crippen molar-refractivity contribution in [2.45, 2.75) is 95.4 Å². The molecule has 0 saturated heterocycles. The number of amides is 1. The lowest BCUT2D eigenvalue weighted by Gasteiger charge is -2.33. The molecule has 1 saturated carbocycles. The van der Waals surface area contributed by atoms with Crippen molar-refractivity contribution in [1.29, 1.82) is 0 Å². The molecule has 3 unspecified atom stereocenters. The van der Waals surface area contributed by atoms with Gasteiger partial charge in [0, 0.05) is 19.2 Å². The number of carbonyl (C=O) groups excluding carboxylic acids is 1. The molecule has 242 valence electrons. The summed E-state index contributed by atoms with van der Waals surface area (Å²) in [6, 6.07) is 6.89. The fourth-order valence-corrected chi connectivity index (χ4v) is 7.84. The van der Waals surface area contributed by atoms with Crippen molar-refractivity contribution < 1.29 is 31.8 Å². The number of unbranched alkanes of at least 4 members (excludes halogenated alkanes) is 1. The van der Waals surface area contributed by atoms with Crippen molar-refractivity contribution in [3.8, 4) is 0 Å². The third-order valence-electron chi connectivity index (χ3n) is 7.80. The Labute approximate surface area is 255 Å². The molecule has 4 atom stereocenters. The van der Waals surface area contributed by atoms with Crippen molar-refractivity contribution in [2.75, 3.05) is 18.1 Å². The van der Waals surface area contributed by atoms with Crippen LogP contribution in [0.1, 0.15) is 69.5 Å². The molecule has 1 aromatic carbocycles. The molecule has 14 heteroatoms. The zero-order valence-corrected chi connectivity index (χ0v) is 26.5. The molecular weight excluding hydrogens is 594 g/mol.